The highest BCUT2D eigenvalue weighted by atomic mass is 16.1. The Morgan fingerprint density at radius 3 is 2.25 bits per heavy atom. The lowest BCUT2D eigenvalue weighted by molar-refractivity contribution is 0.101. The number of likely N-dealkylation sites (tertiary alicyclic amines) is 1. The van der Waals surface area contributed by atoms with E-state index in [0.717, 1.165) is 67.5 Å². The van der Waals surface area contributed by atoms with Gasteiger partial charge in [-0.1, -0.05) is 78.1 Å². The van der Waals surface area contributed by atoms with Gasteiger partial charge in [0.05, 0.1) is 0 Å². The Morgan fingerprint density at radius 1 is 0.975 bits per heavy atom. The number of unbranched alkanes of at least 4 members (excludes halogenated alkanes) is 1. The lowest BCUT2D eigenvalue weighted by Gasteiger charge is -2.23. The largest absolute Gasteiger partial charge is 0.368 e. The van der Waals surface area contributed by atoms with Crippen LogP contribution in [0.15, 0.2) is 41.4 Å². The third-order valence-electron chi connectivity index (χ3n) is 6.91. The van der Waals surface area contributed by atoms with Gasteiger partial charge in [0.25, 0.3) is 0 Å². The number of ketones is 1. The Balaban J connectivity index is 0.00000191. The van der Waals surface area contributed by atoms with Crippen molar-refractivity contribution in [3.8, 4) is 0 Å². The molecular weight excluding hydrogens is 494 g/mol. The van der Waals surface area contributed by atoms with Crippen LogP contribution in [-0.4, -0.2) is 61.2 Å². The van der Waals surface area contributed by atoms with Crippen molar-refractivity contribution in [1.82, 2.24) is 9.88 Å². The molecule has 40 heavy (non-hydrogen) atoms. The molecule has 0 amide bonds. The number of pyridine rings is 1. The highest BCUT2D eigenvalue weighted by molar-refractivity contribution is 5.94. The van der Waals surface area contributed by atoms with Crippen LogP contribution in [0.3, 0.4) is 0 Å². The third-order valence-corrected chi connectivity index (χ3v) is 6.91. The van der Waals surface area contributed by atoms with Gasteiger partial charge in [0, 0.05) is 37.8 Å². The number of nitrogens with zero attached hydrogens (tertiary/aromatic N) is 4. The van der Waals surface area contributed by atoms with E-state index < -0.39 is 0 Å². The van der Waals surface area contributed by atoms with Crippen molar-refractivity contribution >= 4 is 29.3 Å². The normalized spacial score (nSPS) is 13.5. The summed E-state index contributed by atoms with van der Waals surface area (Å²) in [4.78, 5) is 26.3. The van der Waals surface area contributed by atoms with E-state index >= 15 is 0 Å². The number of anilines is 2. The van der Waals surface area contributed by atoms with Gasteiger partial charge in [-0.25, -0.2) is 4.98 Å². The van der Waals surface area contributed by atoms with Crippen LogP contribution >= 0.6 is 0 Å². The van der Waals surface area contributed by atoms with Crippen molar-refractivity contribution in [2.75, 3.05) is 49.5 Å². The number of hydrogen-bond acceptors (Lipinski definition) is 6. The molecule has 0 bridgehead atoms. The number of aliphatic imine (C=N–C) groups is 1. The van der Waals surface area contributed by atoms with Gasteiger partial charge in [0.15, 0.2) is 11.6 Å². The molecule has 1 saturated heterocycles. The van der Waals surface area contributed by atoms with Crippen LogP contribution in [0.4, 0.5) is 17.3 Å². The molecule has 224 valence electrons. The molecule has 1 fully saturated rings. The smallest absolute Gasteiger partial charge is 0.159 e. The molecule has 1 aromatic heterocycles. The fraction of sp³-hybridized carbons (Fsp3) is 0.618. The minimum atomic E-state index is 0.0907. The topological polar surface area (TPSA) is 60.8 Å². The van der Waals surface area contributed by atoms with Crippen molar-refractivity contribution < 1.29 is 4.79 Å². The number of nitrogens with one attached hydrogen (secondary N) is 1. The molecule has 0 unspecified atom stereocenters. The van der Waals surface area contributed by atoms with Crippen LogP contribution in [0, 0.1) is 0 Å². The Kier molecular flexibility index (Phi) is 19.4. The number of Topliss-reactive ketones (excluding diaryl/α,β-unsaturated/α-hetero) is 1. The van der Waals surface area contributed by atoms with Crippen LogP contribution in [0.1, 0.15) is 109 Å². The Morgan fingerprint density at radius 2 is 1.65 bits per heavy atom. The fourth-order valence-corrected chi connectivity index (χ4v) is 4.63. The first-order valence-corrected chi connectivity index (χ1v) is 15.9. The van der Waals surface area contributed by atoms with Gasteiger partial charge in [0.1, 0.15) is 11.5 Å². The maximum Gasteiger partial charge on any atom is 0.159 e. The SMILES string of the molecule is CC.CC.CCCCN(CC)c1ccc(N=CCc2ccc(C(C)=O)cc2)c(NCCCN2CCCCCC2)n1. The third kappa shape index (κ3) is 13.1. The van der Waals surface area contributed by atoms with E-state index in [1.54, 1.807) is 6.92 Å². The molecule has 0 saturated carbocycles. The fourth-order valence-electron chi connectivity index (χ4n) is 4.63. The molecule has 1 aliphatic rings. The molecule has 0 atom stereocenters. The van der Waals surface area contributed by atoms with Crippen LogP contribution < -0.4 is 10.2 Å². The quantitative estimate of drug-likeness (QED) is 0.145. The van der Waals surface area contributed by atoms with E-state index in [1.165, 1.54) is 45.2 Å². The molecule has 0 aliphatic carbocycles. The number of rotatable bonds is 14. The molecule has 0 spiro atoms. The van der Waals surface area contributed by atoms with E-state index in [4.69, 9.17) is 9.98 Å². The summed E-state index contributed by atoms with van der Waals surface area (Å²) in [6.07, 6.45) is 11.5. The molecule has 6 heteroatoms. The Hall–Kier alpha value is -2.73. The second-order valence-electron chi connectivity index (χ2n) is 9.78. The summed E-state index contributed by atoms with van der Waals surface area (Å²) in [7, 11) is 0. The second-order valence-corrected chi connectivity index (χ2v) is 9.78. The number of aromatic nitrogens is 1. The lowest BCUT2D eigenvalue weighted by atomic mass is 10.1. The first kappa shape index (κ1) is 35.3. The first-order chi connectivity index (χ1) is 19.6. The van der Waals surface area contributed by atoms with E-state index in [0.29, 0.717) is 6.42 Å². The summed E-state index contributed by atoms with van der Waals surface area (Å²) < 4.78 is 0. The van der Waals surface area contributed by atoms with Crippen molar-refractivity contribution in [1.29, 1.82) is 0 Å². The predicted octanol–water partition coefficient (Wildman–Crippen LogP) is 8.59. The van der Waals surface area contributed by atoms with Gasteiger partial charge in [0.2, 0.25) is 0 Å². The highest BCUT2D eigenvalue weighted by Gasteiger charge is 2.11. The maximum absolute atomic E-state index is 11.5. The number of carbonyl (C=O) groups excluding carboxylic acids is 1. The van der Waals surface area contributed by atoms with E-state index in [2.05, 4.69) is 41.1 Å². The number of hydrogen-bond donors (Lipinski definition) is 1. The summed E-state index contributed by atoms with van der Waals surface area (Å²) in [5, 5.41) is 3.60. The van der Waals surface area contributed by atoms with Crippen molar-refractivity contribution in [2.45, 2.75) is 99.8 Å². The van der Waals surface area contributed by atoms with Crippen molar-refractivity contribution in [3.05, 3.63) is 47.5 Å². The van der Waals surface area contributed by atoms with Crippen LogP contribution in [0.25, 0.3) is 0 Å². The highest BCUT2D eigenvalue weighted by Crippen LogP contribution is 2.27. The van der Waals surface area contributed by atoms with E-state index in [-0.39, 0.29) is 5.78 Å². The minimum absolute atomic E-state index is 0.0907. The summed E-state index contributed by atoms with van der Waals surface area (Å²) >= 11 is 0. The second kappa shape index (κ2) is 22.0. The van der Waals surface area contributed by atoms with Crippen molar-refractivity contribution in [3.63, 3.8) is 0 Å². The summed E-state index contributed by atoms with van der Waals surface area (Å²) in [6, 6.07) is 11.9. The summed E-state index contributed by atoms with van der Waals surface area (Å²) in [5.41, 5.74) is 2.75. The van der Waals surface area contributed by atoms with Gasteiger partial charge in [-0.3, -0.25) is 9.79 Å². The van der Waals surface area contributed by atoms with Crippen LogP contribution in [0.2, 0.25) is 0 Å². The average Bonchev–Trinajstić information content (AvgIpc) is 3.28. The molecule has 1 aliphatic heterocycles. The summed E-state index contributed by atoms with van der Waals surface area (Å²) in [5.74, 6) is 1.97. The van der Waals surface area contributed by atoms with Gasteiger partial charge < -0.3 is 15.1 Å². The molecular formula is C34H57N5O. The Labute approximate surface area is 245 Å². The average molecular weight is 552 g/mol. The molecule has 0 radical (unpaired) electrons. The van der Waals surface area contributed by atoms with E-state index in [9.17, 15) is 4.79 Å². The monoisotopic (exact) mass is 551 g/mol. The predicted molar refractivity (Wildman–Crippen MR) is 176 cm³/mol. The molecule has 6 nitrogen and oxygen atoms in total. The zero-order valence-electron chi connectivity index (χ0n) is 26.6. The molecule has 2 aromatic rings. The first-order valence-electron chi connectivity index (χ1n) is 15.9. The van der Waals surface area contributed by atoms with E-state index in [1.807, 2.05) is 58.2 Å². The standard InChI is InChI=1S/C30H45N5O.2C2H6/c1-4-6-24-35(5-2)29-17-16-28(31-20-18-26-12-14-27(15-13-26)25(3)36)30(33-29)32-19-11-23-34-21-9-7-8-10-22-34;2*1-2/h12-17,20H,4-11,18-19,21-24H2,1-3H3,(H,32,33);2*1-2H3. The van der Waals surface area contributed by atoms with Crippen molar-refractivity contribution in [2.24, 2.45) is 4.99 Å². The molecule has 1 N–H and O–H groups in total. The number of carbonyl (C=O) groups is 1. The molecule has 3 rings (SSSR count). The van der Waals surface area contributed by atoms with Gasteiger partial charge in [-0.05, 0) is 76.9 Å². The lowest BCUT2D eigenvalue weighted by Crippen LogP contribution is -2.27. The van der Waals surface area contributed by atoms with Gasteiger partial charge >= 0.3 is 0 Å². The Bertz CT molecular complexity index is 949. The summed E-state index contributed by atoms with van der Waals surface area (Å²) in [6.45, 7) is 20.5. The molecule has 1 aromatic carbocycles. The van der Waals surface area contributed by atoms with Gasteiger partial charge in [-0.2, -0.15) is 0 Å². The maximum atomic E-state index is 11.5. The zero-order valence-corrected chi connectivity index (χ0v) is 26.6. The zero-order chi connectivity index (χ0) is 29.6. The molecule has 2 heterocycles. The van der Waals surface area contributed by atoms with Gasteiger partial charge in [-0.15, -0.1) is 0 Å². The number of benzene rings is 1. The van der Waals surface area contributed by atoms with Crippen LogP contribution in [0.5, 0.6) is 0 Å². The minimum Gasteiger partial charge on any atom is -0.368 e. The van der Waals surface area contributed by atoms with Crippen LogP contribution in [-0.2, 0) is 6.42 Å².